The van der Waals surface area contributed by atoms with Crippen LogP contribution >= 0.6 is 0 Å². The molecule has 0 bridgehead atoms. The van der Waals surface area contributed by atoms with Gasteiger partial charge in [-0.05, 0) is 36.2 Å². The number of carbonyl (C=O) groups excluding carboxylic acids is 2. The van der Waals surface area contributed by atoms with Gasteiger partial charge in [-0.15, -0.1) is 0 Å². The number of morpholine rings is 1. The van der Waals surface area contributed by atoms with Crippen LogP contribution in [-0.2, 0) is 16.0 Å². The lowest BCUT2D eigenvalue weighted by molar-refractivity contribution is -0.119. The van der Waals surface area contributed by atoms with Gasteiger partial charge in [-0.1, -0.05) is 30.3 Å². The van der Waals surface area contributed by atoms with Crippen molar-refractivity contribution in [1.82, 2.24) is 14.8 Å². The normalized spacial score (nSPS) is 17.3. The number of benzene rings is 3. The highest BCUT2D eigenvalue weighted by Gasteiger charge is 2.44. The molecule has 45 heavy (non-hydrogen) atoms. The molecule has 2 saturated heterocycles. The zero-order chi connectivity index (χ0) is 31.3. The molecule has 0 radical (unpaired) electrons. The minimum atomic E-state index is -0.723. The number of pyridine rings is 1. The summed E-state index contributed by atoms with van der Waals surface area (Å²) < 4.78 is 38.5. The molecule has 11 heteroatoms. The van der Waals surface area contributed by atoms with Crippen LogP contribution in [0.3, 0.4) is 0 Å². The Morgan fingerprint density at radius 2 is 1.76 bits per heavy atom. The number of rotatable bonds is 11. The lowest BCUT2D eigenvalue weighted by Gasteiger charge is -2.26. The Morgan fingerprint density at radius 3 is 2.51 bits per heavy atom. The number of fused-ring (bicyclic) bond motifs is 1. The van der Waals surface area contributed by atoms with Gasteiger partial charge in [0.2, 0.25) is 0 Å². The van der Waals surface area contributed by atoms with Crippen LogP contribution in [0.1, 0.15) is 12.0 Å². The molecule has 3 heterocycles. The molecule has 10 nitrogen and oxygen atoms in total. The third-order valence-corrected chi connectivity index (χ3v) is 8.10. The predicted octanol–water partition coefficient (Wildman–Crippen LogP) is 5.29. The maximum absolute atomic E-state index is 15.4. The molecule has 234 valence electrons. The molecule has 3 aromatic carbocycles. The molecule has 3 amide bonds. The van der Waals surface area contributed by atoms with Gasteiger partial charge in [0.1, 0.15) is 11.8 Å². The second-order valence-corrected chi connectivity index (χ2v) is 11.0. The summed E-state index contributed by atoms with van der Waals surface area (Å²) in [7, 11) is 3.13. The average Bonchev–Trinajstić information content (AvgIpc) is 3.27. The van der Waals surface area contributed by atoms with Crippen LogP contribution < -0.4 is 19.1 Å². The van der Waals surface area contributed by atoms with Crippen molar-refractivity contribution in [3.05, 3.63) is 84.3 Å². The average molecular weight is 615 g/mol. The Kier molecular flexibility index (Phi) is 9.08. The lowest BCUT2D eigenvalue weighted by atomic mass is 10.1. The zero-order valence-corrected chi connectivity index (χ0v) is 25.3. The Bertz CT molecular complexity index is 1680. The quantitative estimate of drug-likeness (QED) is 0.166. The zero-order valence-electron chi connectivity index (χ0n) is 25.3. The summed E-state index contributed by atoms with van der Waals surface area (Å²) in [6.07, 6.45) is 2.79. The van der Waals surface area contributed by atoms with E-state index in [-0.39, 0.29) is 11.4 Å². The maximum atomic E-state index is 15.4. The van der Waals surface area contributed by atoms with Crippen molar-refractivity contribution >= 4 is 28.5 Å². The van der Waals surface area contributed by atoms with Crippen LogP contribution in [0.5, 0.6) is 23.0 Å². The molecule has 2 aliphatic rings. The van der Waals surface area contributed by atoms with Crippen molar-refractivity contribution in [2.24, 2.45) is 0 Å². The number of nitrogens with zero attached hydrogens (tertiary/aromatic N) is 4. The predicted molar refractivity (Wildman–Crippen MR) is 167 cm³/mol. The highest BCUT2D eigenvalue weighted by molar-refractivity contribution is 6.21. The van der Waals surface area contributed by atoms with E-state index in [2.05, 4.69) is 9.88 Å². The van der Waals surface area contributed by atoms with Crippen LogP contribution in [0.4, 0.5) is 14.9 Å². The van der Waals surface area contributed by atoms with E-state index in [1.807, 2.05) is 30.3 Å². The summed E-state index contributed by atoms with van der Waals surface area (Å²) in [6, 6.07) is 17.5. The molecule has 2 fully saturated rings. The highest BCUT2D eigenvalue weighted by atomic mass is 19.1. The molecular weight excluding hydrogens is 579 g/mol. The number of anilines is 1. The second-order valence-electron chi connectivity index (χ2n) is 11.0. The van der Waals surface area contributed by atoms with E-state index in [0.717, 1.165) is 55.8 Å². The van der Waals surface area contributed by atoms with E-state index in [9.17, 15) is 9.59 Å². The molecule has 6 rings (SSSR count). The first-order chi connectivity index (χ1) is 21.9. The van der Waals surface area contributed by atoms with Crippen LogP contribution in [-0.4, -0.2) is 86.4 Å². The van der Waals surface area contributed by atoms with E-state index >= 15 is 4.39 Å². The second kappa shape index (κ2) is 13.5. The number of aromatic nitrogens is 1. The van der Waals surface area contributed by atoms with Crippen molar-refractivity contribution in [3.8, 4) is 23.0 Å². The number of ether oxygens (including phenoxy) is 4. The van der Waals surface area contributed by atoms with Gasteiger partial charge in [0.15, 0.2) is 23.1 Å². The number of methoxy groups -OCH3 is 1. The van der Waals surface area contributed by atoms with Crippen molar-refractivity contribution in [1.29, 1.82) is 0 Å². The summed E-state index contributed by atoms with van der Waals surface area (Å²) in [5.74, 6) is 0.220. The molecule has 0 N–H and O–H groups in total. The van der Waals surface area contributed by atoms with Crippen molar-refractivity contribution in [2.45, 2.75) is 18.9 Å². The van der Waals surface area contributed by atoms with E-state index in [0.29, 0.717) is 41.2 Å². The van der Waals surface area contributed by atoms with E-state index in [1.54, 1.807) is 38.6 Å². The number of hydrogen-bond acceptors (Lipinski definition) is 8. The largest absolute Gasteiger partial charge is 0.493 e. The molecule has 0 aliphatic carbocycles. The topological polar surface area (TPSA) is 93.7 Å². The fourth-order valence-electron chi connectivity index (χ4n) is 5.61. The third-order valence-electron chi connectivity index (χ3n) is 8.10. The fourth-order valence-corrected chi connectivity index (χ4v) is 5.61. The van der Waals surface area contributed by atoms with Crippen LogP contribution in [0.25, 0.3) is 10.9 Å². The Labute approximate surface area is 260 Å². The molecule has 1 aromatic heterocycles. The van der Waals surface area contributed by atoms with Gasteiger partial charge in [0.25, 0.3) is 5.91 Å². The summed E-state index contributed by atoms with van der Waals surface area (Å²) in [5, 5.41) is 0.605. The van der Waals surface area contributed by atoms with E-state index < -0.39 is 23.8 Å². The first kappa shape index (κ1) is 30.3. The SMILES string of the molecule is COc1cc2c(Oc3ccc(N4C(=O)C(Cc5ccccc5)N(C)C4=O)cc3F)ccnc2cc1OCCCN1CCOCC1. The third kappa shape index (κ3) is 6.54. The molecular formula is C34H35FN4O6. The smallest absolute Gasteiger partial charge is 0.331 e. The summed E-state index contributed by atoms with van der Waals surface area (Å²) in [5.41, 5.74) is 1.65. The number of likely N-dealkylation sites (N-methyl/N-ethyl adjacent to an activating group) is 1. The molecule has 1 atom stereocenters. The van der Waals surface area contributed by atoms with Gasteiger partial charge in [-0.3, -0.25) is 14.7 Å². The first-order valence-electron chi connectivity index (χ1n) is 14.9. The van der Waals surface area contributed by atoms with Gasteiger partial charge >= 0.3 is 6.03 Å². The minimum Gasteiger partial charge on any atom is -0.493 e. The number of hydrogen-bond donors (Lipinski definition) is 0. The Hall–Kier alpha value is -4.74. The minimum absolute atomic E-state index is 0.0676. The van der Waals surface area contributed by atoms with Crippen LogP contribution in [0.15, 0.2) is 72.9 Å². The van der Waals surface area contributed by atoms with Crippen molar-refractivity contribution < 1.29 is 32.9 Å². The molecule has 4 aromatic rings. The molecule has 0 saturated carbocycles. The monoisotopic (exact) mass is 614 g/mol. The van der Waals surface area contributed by atoms with Gasteiger partial charge in [0.05, 0.1) is 38.1 Å². The summed E-state index contributed by atoms with van der Waals surface area (Å²) in [6.45, 7) is 4.80. The van der Waals surface area contributed by atoms with Crippen LogP contribution in [0, 0.1) is 5.82 Å². The van der Waals surface area contributed by atoms with Crippen molar-refractivity contribution in [2.75, 3.05) is 58.5 Å². The molecule has 1 unspecified atom stereocenters. The first-order valence-corrected chi connectivity index (χ1v) is 14.9. The standard InChI is InChI=1S/C34H35FN4O6/c1-37-28(19-23-7-4-3-5-8-23)33(40)39(34(37)41)24-9-10-30(26(35)20-24)45-29-11-12-36-27-22-32(31(42-2)21-25(27)29)44-16-6-13-38-14-17-43-18-15-38/h3-5,7-12,20-22,28H,6,13-19H2,1-2H3. The summed E-state index contributed by atoms with van der Waals surface area (Å²) in [4.78, 5) is 35.5. The molecule has 0 spiro atoms. The number of carbonyl (C=O) groups is 2. The highest BCUT2D eigenvalue weighted by Crippen LogP contribution is 2.38. The lowest BCUT2D eigenvalue weighted by Crippen LogP contribution is -2.37. The van der Waals surface area contributed by atoms with Gasteiger partial charge in [-0.25, -0.2) is 14.1 Å². The van der Waals surface area contributed by atoms with Crippen LogP contribution in [0.2, 0.25) is 0 Å². The number of amides is 3. The van der Waals surface area contributed by atoms with E-state index in [4.69, 9.17) is 18.9 Å². The number of imide groups is 1. The Morgan fingerprint density at radius 1 is 0.956 bits per heavy atom. The molecule has 2 aliphatic heterocycles. The Balaban J connectivity index is 1.16. The number of halogens is 1. The maximum Gasteiger partial charge on any atom is 0.331 e. The summed E-state index contributed by atoms with van der Waals surface area (Å²) >= 11 is 0. The van der Waals surface area contributed by atoms with Gasteiger partial charge in [0, 0.05) is 56.8 Å². The fraction of sp³-hybridized carbons (Fsp3) is 0.324. The van der Waals surface area contributed by atoms with Gasteiger partial charge < -0.3 is 23.8 Å². The van der Waals surface area contributed by atoms with E-state index in [1.165, 1.54) is 17.0 Å². The number of urea groups is 1. The van der Waals surface area contributed by atoms with Gasteiger partial charge in [-0.2, -0.15) is 0 Å². The van der Waals surface area contributed by atoms with Crippen molar-refractivity contribution in [3.63, 3.8) is 0 Å².